The highest BCUT2D eigenvalue weighted by molar-refractivity contribution is 5.79. The Kier molecular flexibility index (Phi) is 3.53. The van der Waals surface area contributed by atoms with Crippen LogP contribution in [0.4, 0.5) is 5.69 Å². The second kappa shape index (κ2) is 5.66. The highest BCUT2D eigenvalue weighted by Crippen LogP contribution is 2.25. The molecule has 2 aromatic rings. The lowest BCUT2D eigenvalue weighted by Gasteiger charge is -2.40. The normalized spacial score (nSPS) is 22.0. The fraction of sp³-hybridized carbons (Fsp3) is 0.562. The first kappa shape index (κ1) is 13.1. The van der Waals surface area contributed by atoms with Crippen molar-refractivity contribution >= 4 is 16.7 Å². The summed E-state index contributed by atoms with van der Waals surface area (Å²) in [5.41, 5.74) is 3.48. The molecule has 5 nitrogen and oxygen atoms in total. The van der Waals surface area contributed by atoms with Gasteiger partial charge in [-0.1, -0.05) is 0 Å². The van der Waals surface area contributed by atoms with Crippen LogP contribution in [0, 0.1) is 0 Å². The monoisotopic (exact) mass is 286 g/mol. The van der Waals surface area contributed by atoms with Gasteiger partial charge < -0.3 is 14.6 Å². The molecule has 0 saturated carbocycles. The van der Waals surface area contributed by atoms with Gasteiger partial charge >= 0.3 is 0 Å². The first-order chi connectivity index (χ1) is 10.4. The maximum absolute atomic E-state index is 5.45. The number of hydrogen-bond acceptors (Lipinski definition) is 4. The van der Waals surface area contributed by atoms with Crippen LogP contribution in [0.1, 0.15) is 12.8 Å². The van der Waals surface area contributed by atoms with Crippen LogP contribution in [0.5, 0.6) is 0 Å². The van der Waals surface area contributed by atoms with E-state index >= 15 is 0 Å². The molecule has 0 aliphatic carbocycles. The topological polar surface area (TPSA) is 44.4 Å². The van der Waals surface area contributed by atoms with Crippen molar-refractivity contribution in [3.63, 3.8) is 0 Å². The molecule has 2 fully saturated rings. The zero-order valence-electron chi connectivity index (χ0n) is 12.3. The number of hydrogen-bond donors (Lipinski definition) is 1. The van der Waals surface area contributed by atoms with Crippen molar-refractivity contribution in [1.82, 2.24) is 14.9 Å². The Hall–Kier alpha value is -1.59. The summed E-state index contributed by atoms with van der Waals surface area (Å²) in [6, 6.07) is 7.26. The molecule has 0 unspecified atom stereocenters. The van der Waals surface area contributed by atoms with Gasteiger partial charge in [0.25, 0.3) is 0 Å². The maximum Gasteiger partial charge on any atom is 0.0931 e. The van der Waals surface area contributed by atoms with Crippen LogP contribution < -0.4 is 4.90 Å². The number of anilines is 1. The van der Waals surface area contributed by atoms with Crippen molar-refractivity contribution in [2.45, 2.75) is 18.9 Å². The number of morpholine rings is 1. The van der Waals surface area contributed by atoms with Gasteiger partial charge in [-0.3, -0.25) is 4.90 Å². The summed E-state index contributed by atoms with van der Waals surface area (Å²) in [7, 11) is 0. The number of ether oxygens (including phenoxy) is 1. The van der Waals surface area contributed by atoms with Gasteiger partial charge in [0.1, 0.15) is 0 Å². The summed E-state index contributed by atoms with van der Waals surface area (Å²) in [4.78, 5) is 12.6. The van der Waals surface area contributed by atoms with E-state index in [1.165, 1.54) is 18.5 Å². The van der Waals surface area contributed by atoms with E-state index in [9.17, 15) is 0 Å². The smallest absolute Gasteiger partial charge is 0.0931 e. The number of nitrogens with zero attached hydrogens (tertiary/aromatic N) is 3. The molecular weight excluding hydrogens is 264 g/mol. The lowest BCUT2D eigenvalue weighted by molar-refractivity contribution is 0.0115. The first-order valence-electron chi connectivity index (χ1n) is 7.90. The fourth-order valence-corrected chi connectivity index (χ4v) is 3.55. The van der Waals surface area contributed by atoms with E-state index in [0.717, 1.165) is 56.5 Å². The number of rotatable bonds is 2. The number of benzene rings is 1. The number of imidazole rings is 1. The molecule has 0 spiro atoms. The summed E-state index contributed by atoms with van der Waals surface area (Å²) in [5, 5.41) is 0. The van der Waals surface area contributed by atoms with Crippen LogP contribution in [-0.2, 0) is 4.74 Å². The van der Waals surface area contributed by atoms with Crippen molar-refractivity contribution < 1.29 is 4.74 Å². The second-order valence-corrected chi connectivity index (χ2v) is 5.97. The van der Waals surface area contributed by atoms with Gasteiger partial charge in [0, 0.05) is 37.9 Å². The highest BCUT2D eigenvalue weighted by atomic mass is 16.5. The summed E-state index contributed by atoms with van der Waals surface area (Å²) in [5.74, 6) is 0. The van der Waals surface area contributed by atoms with Gasteiger partial charge in [0.05, 0.1) is 30.6 Å². The molecule has 0 radical (unpaired) electrons. The second-order valence-electron chi connectivity index (χ2n) is 5.97. The molecule has 2 aliphatic rings. The Labute approximate surface area is 124 Å². The number of aromatic nitrogens is 2. The molecule has 1 aromatic heterocycles. The number of aromatic amines is 1. The Balaban J connectivity index is 1.42. The lowest BCUT2D eigenvalue weighted by atomic mass is 10.0. The molecule has 1 N–H and O–H groups in total. The predicted molar refractivity (Wildman–Crippen MR) is 83.7 cm³/mol. The van der Waals surface area contributed by atoms with E-state index in [-0.39, 0.29) is 0 Å². The molecule has 1 aromatic carbocycles. The Morgan fingerprint density at radius 1 is 1.10 bits per heavy atom. The average Bonchev–Trinajstić information content (AvgIpc) is 3.03. The molecule has 21 heavy (non-hydrogen) atoms. The van der Waals surface area contributed by atoms with E-state index in [0.29, 0.717) is 0 Å². The zero-order chi connectivity index (χ0) is 14.1. The number of H-pyrrole nitrogens is 1. The number of nitrogens with one attached hydrogen (secondary N) is 1. The largest absolute Gasteiger partial charge is 0.379 e. The van der Waals surface area contributed by atoms with Gasteiger partial charge in [0.15, 0.2) is 0 Å². The molecule has 112 valence electrons. The number of fused-ring (bicyclic) bond motifs is 1. The van der Waals surface area contributed by atoms with Crippen molar-refractivity contribution in [3.8, 4) is 0 Å². The quantitative estimate of drug-likeness (QED) is 0.915. The van der Waals surface area contributed by atoms with Gasteiger partial charge in [-0.25, -0.2) is 4.98 Å². The van der Waals surface area contributed by atoms with Crippen molar-refractivity contribution in [2.24, 2.45) is 0 Å². The Morgan fingerprint density at radius 2 is 1.90 bits per heavy atom. The Bertz CT molecular complexity index is 597. The first-order valence-corrected chi connectivity index (χ1v) is 7.90. The maximum atomic E-state index is 5.45. The van der Waals surface area contributed by atoms with Crippen LogP contribution in [0.25, 0.3) is 11.0 Å². The van der Waals surface area contributed by atoms with Crippen molar-refractivity contribution in [3.05, 3.63) is 24.5 Å². The standard InChI is InChI=1S/C16H22N4O/c1-2-15-16(18-12-17-15)11-14(1)19-5-3-13(4-6-19)20-7-9-21-10-8-20/h1-2,11-13H,3-10H2,(H,17,18). The van der Waals surface area contributed by atoms with E-state index in [2.05, 4.69) is 38.0 Å². The molecule has 2 saturated heterocycles. The van der Waals surface area contributed by atoms with Gasteiger partial charge in [0.2, 0.25) is 0 Å². The van der Waals surface area contributed by atoms with E-state index in [1.807, 2.05) is 0 Å². The lowest BCUT2D eigenvalue weighted by Crippen LogP contribution is -2.49. The van der Waals surface area contributed by atoms with E-state index in [4.69, 9.17) is 4.74 Å². The van der Waals surface area contributed by atoms with Crippen molar-refractivity contribution in [1.29, 1.82) is 0 Å². The molecule has 0 amide bonds. The van der Waals surface area contributed by atoms with Crippen molar-refractivity contribution in [2.75, 3.05) is 44.3 Å². The van der Waals surface area contributed by atoms with Crippen LogP contribution in [0.15, 0.2) is 24.5 Å². The van der Waals surface area contributed by atoms with Gasteiger partial charge in [-0.2, -0.15) is 0 Å². The average molecular weight is 286 g/mol. The minimum Gasteiger partial charge on any atom is -0.379 e. The van der Waals surface area contributed by atoms with Crippen LogP contribution in [-0.4, -0.2) is 60.3 Å². The minimum atomic E-state index is 0.737. The molecule has 2 aliphatic heterocycles. The third-order valence-electron chi connectivity index (χ3n) is 4.80. The third kappa shape index (κ3) is 2.63. The molecule has 5 heteroatoms. The summed E-state index contributed by atoms with van der Waals surface area (Å²) in [6.45, 7) is 6.28. The van der Waals surface area contributed by atoms with E-state index < -0.39 is 0 Å². The van der Waals surface area contributed by atoms with Crippen LogP contribution >= 0.6 is 0 Å². The molecular formula is C16H22N4O. The molecule has 0 bridgehead atoms. The van der Waals surface area contributed by atoms with Gasteiger partial charge in [-0.15, -0.1) is 0 Å². The highest BCUT2D eigenvalue weighted by Gasteiger charge is 2.25. The SMILES string of the molecule is c1nc2ccc(N3CCC(N4CCOCC4)CC3)cc2[nH]1. The molecule has 0 atom stereocenters. The third-order valence-corrected chi connectivity index (χ3v) is 4.80. The summed E-state index contributed by atoms with van der Waals surface area (Å²) >= 11 is 0. The van der Waals surface area contributed by atoms with Crippen LogP contribution in [0.2, 0.25) is 0 Å². The minimum absolute atomic E-state index is 0.737. The number of piperidine rings is 1. The van der Waals surface area contributed by atoms with E-state index in [1.54, 1.807) is 6.33 Å². The fourth-order valence-electron chi connectivity index (χ4n) is 3.55. The zero-order valence-corrected chi connectivity index (χ0v) is 12.3. The summed E-state index contributed by atoms with van der Waals surface area (Å²) in [6.07, 6.45) is 4.27. The molecule has 3 heterocycles. The van der Waals surface area contributed by atoms with Crippen LogP contribution in [0.3, 0.4) is 0 Å². The molecule has 4 rings (SSSR count). The van der Waals surface area contributed by atoms with Gasteiger partial charge in [-0.05, 0) is 31.0 Å². The Morgan fingerprint density at radius 3 is 2.71 bits per heavy atom. The summed E-state index contributed by atoms with van der Waals surface area (Å²) < 4.78 is 5.45. The predicted octanol–water partition coefficient (Wildman–Crippen LogP) is 1.86.